The van der Waals surface area contributed by atoms with E-state index in [1.807, 2.05) is 19.1 Å². The number of pyridine rings is 1. The summed E-state index contributed by atoms with van der Waals surface area (Å²) in [6, 6.07) is 3.90. The maximum absolute atomic E-state index is 6.14. The highest BCUT2D eigenvalue weighted by atomic mass is 35.5. The third kappa shape index (κ3) is 4.09. The normalized spacial score (nSPS) is 12.9. The molecule has 0 bridgehead atoms. The van der Waals surface area contributed by atoms with Gasteiger partial charge in [-0.15, -0.1) is 0 Å². The second-order valence-electron chi connectivity index (χ2n) is 5.99. The van der Waals surface area contributed by atoms with Crippen molar-refractivity contribution in [2.45, 2.75) is 52.4 Å². The Morgan fingerprint density at radius 3 is 2.35 bits per heavy atom. The highest BCUT2D eigenvalue weighted by Gasteiger charge is 2.36. The Labute approximate surface area is 110 Å². The van der Waals surface area contributed by atoms with Crippen LogP contribution in [0.2, 0.25) is 23.3 Å². The predicted molar refractivity (Wildman–Crippen MR) is 76.0 cm³/mol. The first-order valence-electron chi connectivity index (χ1n) is 5.89. The van der Waals surface area contributed by atoms with Crippen LogP contribution in [-0.4, -0.2) is 13.3 Å². The molecule has 17 heavy (non-hydrogen) atoms. The molecule has 0 spiro atoms. The first kappa shape index (κ1) is 14.7. The average Bonchev–Trinajstić information content (AvgIpc) is 2.11. The van der Waals surface area contributed by atoms with Crippen LogP contribution in [0.3, 0.4) is 0 Å². The lowest BCUT2D eigenvalue weighted by Crippen LogP contribution is -2.40. The van der Waals surface area contributed by atoms with E-state index in [1.165, 1.54) is 0 Å². The molecule has 1 rings (SSSR count). The van der Waals surface area contributed by atoms with Gasteiger partial charge < -0.3 is 4.43 Å². The number of nitrogens with zero attached hydrogens (tertiary/aromatic N) is 1. The Bertz CT molecular complexity index is 379. The van der Waals surface area contributed by atoms with Gasteiger partial charge in [-0.25, -0.2) is 4.98 Å². The lowest BCUT2D eigenvalue weighted by Gasteiger charge is -2.36. The summed E-state index contributed by atoms with van der Waals surface area (Å²) in [5.41, 5.74) is 2.04. The van der Waals surface area contributed by atoms with Crippen molar-refractivity contribution in [2.24, 2.45) is 0 Å². The zero-order valence-corrected chi connectivity index (χ0v) is 13.4. The third-order valence-corrected chi connectivity index (χ3v) is 8.06. The van der Waals surface area contributed by atoms with E-state index >= 15 is 0 Å². The van der Waals surface area contributed by atoms with Crippen LogP contribution < -0.4 is 0 Å². The highest BCUT2D eigenvalue weighted by molar-refractivity contribution is 6.74. The molecule has 0 saturated heterocycles. The number of aryl methyl sites for hydroxylation is 1. The molecule has 0 aliphatic carbocycles. The van der Waals surface area contributed by atoms with E-state index in [9.17, 15) is 0 Å². The molecule has 0 fully saturated rings. The Balaban J connectivity index is 2.74. The van der Waals surface area contributed by atoms with Crippen molar-refractivity contribution in [1.82, 2.24) is 4.98 Å². The fraction of sp³-hybridized carbons (Fsp3) is 0.615. The second kappa shape index (κ2) is 5.08. The van der Waals surface area contributed by atoms with Crippen LogP contribution in [0.15, 0.2) is 12.1 Å². The van der Waals surface area contributed by atoms with Crippen molar-refractivity contribution in [3.63, 3.8) is 0 Å². The molecule has 0 aliphatic rings. The zero-order chi connectivity index (χ0) is 13.3. The van der Waals surface area contributed by atoms with Crippen LogP contribution in [0.25, 0.3) is 0 Å². The second-order valence-corrected chi connectivity index (χ2v) is 11.2. The van der Waals surface area contributed by atoms with Crippen LogP contribution in [0, 0.1) is 6.92 Å². The van der Waals surface area contributed by atoms with E-state index in [0.717, 1.165) is 11.3 Å². The van der Waals surface area contributed by atoms with Crippen molar-refractivity contribution in [3.8, 4) is 0 Å². The fourth-order valence-corrected chi connectivity index (χ4v) is 2.49. The summed E-state index contributed by atoms with van der Waals surface area (Å²) in [5, 5.41) is 0.776. The van der Waals surface area contributed by atoms with Crippen LogP contribution in [-0.2, 0) is 11.0 Å². The van der Waals surface area contributed by atoms with Crippen LogP contribution >= 0.6 is 11.6 Å². The minimum absolute atomic E-state index is 0.235. The molecule has 0 unspecified atom stereocenters. The molecule has 0 radical (unpaired) electrons. The average molecular weight is 272 g/mol. The van der Waals surface area contributed by atoms with Crippen LogP contribution in [0.5, 0.6) is 0 Å². The van der Waals surface area contributed by atoms with Crippen molar-refractivity contribution >= 4 is 19.9 Å². The predicted octanol–water partition coefficient (Wildman–Crippen LogP) is 4.57. The fourth-order valence-electron chi connectivity index (χ4n) is 1.26. The molecular weight excluding hydrogens is 250 g/mol. The highest BCUT2D eigenvalue weighted by Crippen LogP contribution is 2.37. The number of halogens is 1. The lowest BCUT2D eigenvalue weighted by atomic mass is 10.2. The number of rotatable bonds is 3. The van der Waals surface area contributed by atoms with E-state index in [-0.39, 0.29) is 5.04 Å². The van der Waals surface area contributed by atoms with Crippen molar-refractivity contribution in [2.75, 3.05) is 0 Å². The van der Waals surface area contributed by atoms with Gasteiger partial charge in [0.2, 0.25) is 0 Å². The maximum Gasteiger partial charge on any atom is 0.192 e. The first-order chi connectivity index (χ1) is 7.62. The van der Waals surface area contributed by atoms with Crippen LogP contribution in [0.4, 0.5) is 0 Å². The molecule has 0 amide bonds. The third-order valence-electron chi connectivity index (χ3n) is 3.39. The van der Waals surface area contributed by atoms with E-state index in [1.54, 1.807) is 0 Å². The Hall–Kier alpha value is -0.383. The molecule has 1 aromatic rings. The smallest absolute Gasteiger partial charge is 0.192 e. The standard InChI is InChI=1S/C13H22ClNOSi/c1-10-7-11(8-12(14)15-10)9-16-17(5,6)13(2,3)4/h7-8H,9H2,1-6H3. The SMILES string of the molecule is Cc1cc(CO[Si](C)(C)C(C)(C)C)cc(Cl)n1. The molecule has 0 saturated carbocycles. The van der Waals surface area contributed by atoms with Gasteiger partial charge in [0.15, 0.2) is 8.32 Å². The van der Waals surface area contributed by atoms with Crippen molar-refractivity contribution in [1.29, 1.82) is 0 Å². The minimum Gasteiger partial charge on any atom is -0.413 e. The van der Waals surface area contributed by atoms with Gasteiger partial charge in [0.05, 0.1) is 6.61 Å². The summed E-state index contributed by atoms with van der Waals surface area (Å²) in [5.74, 6) is 0. The Morgan fingerprint density at radius 1 is 1.29 bits per heavy atom. The molecule has 96 valence electrons. The van der Waals surface area contributed by atoms with Gasteiger partial charge in [0.1, 0.15) is 5.15 Å². The van der Waals surface area contributed by atoms with E-state index < -0.39 is 8.32 Å². The summed E-state index contributed by atoms with van der Waals surface area (Å²) in [6.45, 7) is 13.8. The molecular formula is C13H22ClNOSi. The monoisotopic (exact) mass is 271 g/mol. The Kier molecular flexibility index (Phi) is 4.39. The van der Waals surface area contributed by atoms with E-state index in [0.29, 0.717) is 11.8 Å². The summed E-state index contributed by atoms with van der Waals surface area (Å²) in [6.07, 6.45) is 0. The van der Waals surface area contributed by atoms with Gasteiger partial charge in [0, 0.05) is 5.69 Å². The summed E-state index contributed by atoms with van der Waals surface area (Å²) in [4.78, 5) is 4.15. The van der Waals surface area contributed by atoms with Gasteiger partial charge in [-0.1, -0.05) is 32.4 Å². The molecule has 0 N–H and O–H groups in total. The van der Waals surface area contributed by atoms with Gasteiger partial charge in [0.25, 0.3) is 0 Å². The maximum atomic E-state index is 6.14. The summed E-state index contributed by atoms with van der Waals surface area (Å²) in [7, 11) is -1.69. The number of hydrogen-bond acceptors (Lipinski definition) is 2. The van der Waals surface area contributed by atoms with E-state index in [4.69, 9.17) is 16.0 Å². The molecule has 4 heteroatoms. The zero-order valence-electron chi connectivity index (χ0n) is 11.6. The minimum atomic E-state index is -1.69. The summed E-state index contributed by atoms with van der Waals surface area (Å²) >= 11 is 5.93. The van der Waals surface area contributed by atoms with Crippen molar-refractivity contribution in [3.05, 3.63) is 28.5 Å². The molecule has 2 nitrogen and oxygen atoms in total. The molecule has 0 aliphatic heterocycles. The number of hydrogen-bond donors (Lipinski definition) is 0. The Morgan fingerprint density at radius 2 is 1.88 bits per heavy atom. The number of aromatic nitrogens is 1. The molecule has 1 heterocycles. The van der Waals surface area contributed by atoms with Gasteiger partial charge in [-0.3, -0.25) is 0 Å². The first-order valence-corrected chi connectivity index (χ1v) is 9.17. The van der Waals surface area contributed by atoms with Gasteiger partial charge >= 0.3 is 0 Å². The van der Waals surface area contributed by atoms with Crippen LogP contribution in [0.1, 0.15) is 32.0 Å². The molecule has 0 atom stereocenters. The van der Waals surface area contributed by atoms with E-state index in [2.05, 4.69) is 38.8 Å². The molecule has 1 aromatic heterocycles. The quantitative estimate of drug-likeness (QED) is 0.594. The van der Waals surface area contributed by atoms with Gasteiger partial charge in [-0.05, 0) is 42.8 Å². The van der Waals surface area contributed by atoms with Crippen molar-refractivity contribution < 1.29 is 4.43 Å². The lowest BCUT2D eigenvalue weighted by molar-refractivity contribution is 0.276. The largest absolute Gasteiger partial charge is 0.413 e. The van der Waals surface area contributed by atoms with Gasteiger partial charge in [-0.2, -0.15) is 0 Å². The molecule has 0 aromatic carbocycles. The summed E-state index contributed by atoms with van der Waals surface area (Å²) < 4.78 is 6.14. The topological polar surface area (TPSA) is 22.1 Å².